The van der Waals surface area contributed by atoms with E-state index in [0.29, 0.717) is 5.52 Å². The number of imidazole rings is 1. The van der Waals surface area contributed by atoms with E-state index in [1.807, 2.05) is 11.5 Å². The molecule has 5 nitrogen and oxygen atoms in total. The largest absolute Gasteiger partial charge is 0.478 e. The van der Waals surface area contributed by atoms with E-state index in [-0.39, 0.29) is 5.56 Å². The molecule has 0 bridgehead atoms. The van der Waals surface area contributed by atoms with Gasteiger partial charge in [-0.3, -0.25) is 0 Å². The number of carboxylic acids is 1. The molecule has 96 valence electrons. The van der Waals surface area contributed by atoms with Crippen LogP contribution in [0, 0.1) is 0 Å². The fourth-order valence-electron chi connectivity index (χ4n) is 1.86. The smallest absolute Gasteiger partial charge is 0.335 e. The summed E-state index contributed by atoms with van der Waals surface area (Å²) in [5, 5.41) is 8.90. The lowest BCUT2D eigenvalue weighted by atomic mass is 10.2. The van der Waals surface area contributed by atoms with Crippen LogP contribution >= 0.6 is 0 Å². The van der Waals surface area contributed by atoms with E-state index in [2.05, 4.69) is 4.98 Å². The second-order valence-corrected chi connectivity index (χ2v) is 4.00. The highest BCUT2D eigenvalue weighted by molar-refractivity contribution is 5.92. The summed E-state index contributed by atoms with van der Waals surface area (Å²) < 4.78 is 7.30. The maximum absolute atomic E-state index is 10.8. The molecule has 1 N–H and O–H groups in total. The van der Waals surface area contributed by atoms with Crippen LogP contribution in [0.5, 0.6) is 0 Å². The van der Waals surface area contributed by atoms with Gasteiger partial charge in [0.15, 0.2) is 0 Å². The SMILES string of the molecule is CCOCCCn1cnc2cc(C(=O)O)ccc21. The zero-order valence-electron chi connectivity index (χ0n) is 10.3. The number of hydrogen-bond acceptors (Lipinski definition) is 3. The highest BCUT2D eigenvalue weighted by Crippen LogP contribution is 2.15. The molecule has 1 aromatic carbocycles. The minimum absolute atomic E-state index is 0.266. The van der Waals surface area contributed by atoms with Gasteiger partial charge in [0, 0.05) is 19.8 Å². The molecule has 5 heteroatoms. The third kappa shape index (κ3) is 2.68. The van der Waals surface area contributed by atoms with Gasteiger partial charge in [-0.1, -0.05) is 0 Å². The molecule has 0 amide bonds. The zero-order valence-corrected chi connectivity index (χ0v) is 10.3. The summed E-state index contributed by atoms with van der Waals surface area (Å²) in [7, 11) is 0. The first-order valence-electron chi connectivity index (χ1n) is 5.98. The van der Waals surface area contributed by atoms with E-state index in [0.717, 1.165) is 31.7 Å². The van der Waals surface area contributed by atoms with Crippen LogP contribution in [0.25, 0.3) is 11.0 Å². The molecule has 0 saturated heterocycles. The number of aryl methyl sites for hydroxylation is 1. The van der Waals surface area contributed by atoms with Crippen molar-refractivity contribution in [3.8, 4) is 0 Å². The summed E-state index contributed by atoms with van der Waals surface area (Å²) in [4.78, 5) is 15.1. The van der Waals surface area contributed by atoms with E-state index < -0.39 is 5.97 Å². The van der Waals surface area contributed by atoms with Gasteiger partial charge in [-0.2, -0.15) is 0 Å². The first kappa shape index (κ1) is 12.6. The normalized spacial score (nSPS) is 10.9. The molecule has 2 aromatic rings. The molecule has 0 radical (unpaired) electrons. The van der Waals surface area contributed by atoms with Crippen molar-refractivity contribution in [3.05, 3.63) is 30.1 Å². The molecule has 0 fully saturated rings. The predicted molar refractivity (Wildman–Crippen MR) is 67.8 cm³/mol. The Kier molecular flexibility index (Phi) is 3.94. The number of aromatic nitrogens is 2. The molecule has 2 rings (SSSR count). The van der Waals surface area contributed by atoms with Crippen LogP contribution in [0.1, 0.15) is 23.7 Å². The monoisotopic (exact) mass is 248 g/mol. The molecule has 0 atom stereocenters. The summed E-state index contributed by atoms with van der Waals surface area (Å²) in [6.07, 6.45) is 2.65. The lowest BCUT2D eigenvalue weighted by Crippen LogP contribution is -2.02. The van der Waals surface area contributed by atoms with Crippen LogP contribution in [0.2, 0.25) is 0 Å². The zero-order chi connectivity index (χ0) is 13.0. The number of aromatic carboxylic acids is 1. The van der Waals surface area contributed by atoms with Crippen molar-refractivity contribution in [2.45, 2.75) is 19.9 Å². The van der Waals surface area contributed by atoms with Crippen LogP contribution in [-0.4, -0.2) is 33.8 Å². The molecule has 1 aromatic heterocycles. The van der Waals surface area contributed by atoms with E-state index in [1.54, 1.807) is 24.5 Å². The highest BCUT2D eigenvalue weighted by atomic mass is 16.5. The van der Waals surface area contributed by atoms with Gasteiger partial charge in [0.2, 0.25) is 0 Å². The second-order valence-electron chi connectivity index (χ2n) is 4.00. The van der Waals surface area contributed by atoms with Crippen molar-refractivity contribution in [1.82, 2.24) is 9.55 Å². The van der Waals surface area contributed by atoms with Crippen molar-refractivity contribution in [2.24, 2.45) is 0 Å². The number of fused-ring (bicyclic) bond motifs is 1. The Morgan fingerprint density at radius 1 is 1.50 bits per heavy atom. The average Bonchev–Trinajstić information content (AvgIpc) is 2.77. The maximum atomic E-state index is 10.8. The van der Waals surface area contributed by atoms with Crippen molar-refractivity contribution in [1.29, 1.82) is 0 Å². The van der Waals surface area contributed by atoms with Gasteiger partial charge in [0.05, 0.1) is 22.9 Å². The summed E-state index contributed by atoms with van der Waals surface area (Å²) >= 11 is 0. The average molecular weight is 248 g/mol. The van der Waals surface area contributed by atoms with Gasteiger partial charge in [-0.05, 0) is 31.5 Å². The van der Waals surface area contributed by atoms with Crippen LogP contribution in [-0.2, 0) is 11.3 Å². The van der Waals surface area contributed by atoms with E-state index in [1.165, 1.54) is 0 Å². The van der Waals surface area contributed by atoms with Crippen LogP contribution in [0.15, 0.2) is 24.5 Å². The Labute approximate surface area is 105 Å². The number of hydrogen-bond donors (Lipinski definition) is 1. The quantitative estimate of drug-likeness (QED) is 0.796. The standard InChI is InChI=1S/C13H16N2O3/c1-2-18-7-3-6-15-9-14-11-8-10(13(16)17)4-5-12(11)15/h4-5,8-9H,2-3,6-7H2,1H3,(H,16,17). The molecule has 0 aliphatic rings. The minimum Gasteiger partial charge on any atom is -0.478 e. The topological polar surface area (TPSA) is 64.4 Å². The third-order valence-electron chi connectivity index (χ3n) is 2.76. The fourth-order valence-corrected chi connectivity index (χ4v) is 1.86. The first-order valence-corrected chi connectivity index (χ1v) is 5.98. The summed E-state index contributed by atoms with van der Waals surface area (Å²) in [5.74, 6) is -0.928. The van der Waals surface area contributed by atoms with Gasteiger partial charge in [0.25, 0.3) is 0 Å². The Morgan fingerprint density at radius 2 is 2.33 bits per heavy atom. The van der Waals surface area contributed by atoms with E-state index in [4.69, 9.17) is 9.84 Å². The van der Waals surface area contributed by atoms with Crippen molar-refractivity contribution >= 4 is 17.0 Å². The number of nitrogens with zero attached hydrogens (tertiary/aromatic N) is 2. The number of benzene rings is 1. The van der Waals surface area contributed by atoms with Crippen LogP contribution in [0.4, 0.5) is 0 Å². The van der Waals surface area contributed by atoms with E-state index in [9.17, 15) is 4.79 Å². The van der Waals surface area contributed by atoms with Gasteiger partial charge in [-0.15, -0.1) is 0 Å². The van der Waals surface area contributed by atoms with Crippen LogP contribution in [0.3, 0.4) is 0 Å². The third-order valence-corrected chi connectivity index (χ3v) is 2.76. The second kappa shape index (κ2) is 5.64. The highest BCUT2D eigenvalue weighted by Gasteiger charge is 2.07. The Balaban J connectivity index is 2.13. The van der Waals surface area contributed by atoms with Gasteiger partial charge < -0.3 is 14.4 Å². The molecule has 1 heterocycles. The van der Waals surface area contributed by atoms with Gasteiger partial charge >= 0.3 is 5.97 Å². The van der Waals surface area contributed by atoms with Crippen molar-refractivity contribution < 1.29 is 14.6 Å². The molecule has 0 aliphatic carbocycles. The Hall–Kier alpha value is -1.88. The number of carboxylic acid groups (broad SMARTS) is 1. The number of ether oxygens (including phenoxy) is 1. The van der Waals surface area contributed by atoms with Gasteiger partial charge in [-0.25, -0.2) is 9.78 Å². The van der Waals surface area contributed by atoms with Gasteiger partial charge in [0.1, 0.15) is 0 Å². The Morgan fingerprint density at radius 3 is 3.06 bits per heavy atom. The molecular formula is C13H16N2O3. The summed E-state index contributed by atoms with van der Waals surface area (Å²) in [6, 6.07) is 4.99. The van der Waals surface area contributed by atoms with E-state index >= 15 is 0 Å². The number of rotatable bonds is 6. The first-order chi connectivity index (χ1) is 8.72. The molecule has 0 saturated carbocycles. The maximum Gasteiger partial charge on any atom is 0.335 e. The lowest BCUT2D eigenvalue weighted by molar-refractivity contribution is 0.0697. The van der Waals surface area contributed by atoms with Crippen molar-refractivity contribution in [2.75, 3.05) is 13.2 Å². The summed E-state index contributed by atoms with van der Waals surface area (Å²) in [6.45, 7) is 4.25. The molecule has 0 aliphatic heterocycles. The predicted octanol–water partition coefficient (Wildman–Crippen LogP) is 2.16. The Bertz CT molecular complexity index is 548. The fraction of sp³-hybridized carbons (Fsp3) is 0.385. The molecule has 18 heavy (non-hydrogen) atoms. The van der Waals surface area contributed by atoms with Crippen molar-refractivity contribution in [3.63, 3.8) is 0 Å². The number of carbonyl (C=O) groups is 1. The van der Waals surface area contributed by atoms with Crippen LogP contribution < -0.4 is 0 Å². The summed E-state index contributed by atoms with van der Waals surface area (Å²) in [5.41, 5.74) is 1.94. The molecule has 0 unspecified atom stereocenters. The molecular weight excluding hydrogens is 232 g/mol. The minimum atomic E-state index is -0.928. The molecule has 0 spiro atoms. The lowest BCUT2D eigenvalue weighted by Gasteiger charge is -2.04.